The SMILES string of the molecule is CN(C(=O)c1cccc2c1OCCO2)C1CCN(CCc2ccncc2)CC1. The van der Waals surface area contributed by atoms with Gasteiger partial charge in [0.1, 0.15) is 13.2 Å². The van der Waals surface area contributed by atoms with E-state index in [0.717, 1.165) is 38.9 Å². The Bertz CT molecular complexity index is 804. The number of carbonyl (C=O) groups is 1. The van der Waals surface area contributed by atoms with Crippen molar-refractivity contribution in [2.24, 2.45) is 0 Å². The predicted molar refractivity (Wildman–Crippen MR) is 107 cm³/mol. The standard InChI is InChI=1S/C22H27N3O3/c1-24(22(26)19-3-2-4-20-21(19)28-16-15-27-20)18-8-13-25(14-9-18)12-7-17-5-10-23-11-6-17/h2-6,10-11,18H,7-9,12-16H2,1H3. The molecule has 0 radical (unpaired) electrons. The van der Waals surface area contributed by atoms with Crippen molar-refractivity contribution in [3.05, 3.63) is 53.9 Å². The van der Waals surface area contributed by atoms with Crippen LogP contribution in [0, 0.1) is 0 Å². The first-order valence-electron chi connectivity index (χ1n) is 9.99. The maximum absolute atomic E-state index is 13.1. The van der Waals surface area contributed by atoms with Gasteiger partial charge in [0.05, 0.1) is 5.56 Å². The molecule has 0 N–H and O–H groups in total. The largest absolute Gasteiger partial charge is 0.486 e. The molecule has 0 saturated carbocycles. The lowest BCUT2D eigenvalue weighted by Gasteiger charge is -2.37. The Kier molecular flexibility index (Phi) is 5.76. The molecule has 0 aliphatic carbocycles. The fourth-order valence-electron chi connectivity index (χ4n) is 3.96. The number of fused-ring (bicyclic) bond motifs is 1. The van der Waals surface area contributed by atoms with E-state index in [0.29, 0.717) is 30.3 Å². The Morgan fingerprint density at radius 2 is 1.89 bits per heavy atom. The molecule has 6 heteroatoms. The van der Waals surface area contributed by atoms with E-state index in [4.69, 9.17) is 9.47 Å². The van der Waals surface area contributed by atoms with Crippen molar-refractivity contribution in [1.82, 2.24) is 14.8 Å². The lowest BCUT2D eigenvalue weighted by molar-refractivity contribution is 0.0634. The minimum Gasteiger partial charge on any atom is -0.486 e. The van der Waals surface area contributed by atoms with Gasteiger partial charge >= 0.3 is 0 Å². The smallest absolute Gasteiger partial charge is 0.257 e. The van der Waals surface area contributed by atoms with Gasteiger partial charge in [-0.05, 0) is 49.1 Å². The number of pyridine rings is 1. The molecular weight excluding hydrogens is 354 g/mol. The van der Waals surface area contributed by atoms with Crippen LogP contribution in [0.15, 0.2) is 42.7 Å². The van der Waals surface area contributed by atoms with Gasteiger partial charge in [-0.2, -0.15) is 0 Å². The zero-order valence-electron chi connectivity index (χ0n) is 16.3. The molecule has 0 bridgehead atoms. The number of nitrogens with zero attached hydrogens (tertiary/aromatic N) is 3. The molecule has 0 spiro atoms. The third-order valence-corrected chi connectivity index (χ3v) is 5.69. The first kappa shape index (κ1) is 18.7. The quantitative estimate of drug-likeness (QED) is 0.797. The molecule has 1 aromatic heterocycles. The first-order chi connectivity index (χ1) is 13.7. The summed E-state index contributed by atoms with van der Waals surface area (Å²) in [5.74, 6) is 1.26. The monoisotopic (exact) mass is 381 g/mol. The average molecular weight is 381 g/mol. The number of benzene rings is 1. The van der Waals surface area contributed by atoms with Crippen LogP contribution in [-0.4, -0.2) is 66.6 Å². The topological polar surface area (TPSA) is 54.9 Å². The summed E-state index contributed by atoms with van der Waals surface area (Å²) in [6.07, 6.45) is 6.71. The molecule has 2 aromatic rings. The summed E-state index contributed by atoms with van der Waals surface area (Å²) >= 11 is 0. The van der Waals surface area contributed by atoms with E-state index in [1.165, 1.54) is 5.56 Å². The van der Waals surface area contributed by atoms with E-state index in [1.807, 2.05) is 42.5 Å². The van der Waals surface area contributed by atoms with E-state index in [2.05, 4.69) is 22.0 Å². The second-order valence-corrected chi connectivity index (χ2v) is 7.42. The van der Waals surface area contributed by atoms with Crippen LogP contribution in [0.1, 0.15) is 28.8 Å². The Labute approximate surface area is 166 Å². The molecule has 6 nitrogen and oxygen atoms in total. The summed E-state index contributed by atoms with van der Waals surface area (Å²) in [7, 11) is 1.91. The fourth-order valence-corrected chi connectivity index (χ4v) is 3.96. The zero-order chi connectivity index (χ0) is 19.3. The Balaban J connectivity index is 1.33. The van der Waals surface area contributed by atoms with E-state index in [9.17, 15) is 4.79 Å². The number of piperidine rings is 1. The number of likely N-dealkylation sites (tertiary alicyclic amines) is 1. The second-order valence-electron chi connectivity index (χ2n) is 7.42. The molecule has 28 heavy (non-hydrogen) atoms. The molecule has 1 aromatic carbocycles. The number of rotatable bonds is 5. The maximum Gasteiger partial charge on any atom is 0.257 e. The van der Waals surface area contributed by atoms with Gasteiger partial charge in [-0.25, -0.2) is 0 Å². The lowest BCUT2D eigenvalue weighted by Crippen LogP contribution is -2.46. The van der Waals surface area contributed by atoms with Crippen LogP contribution in [0.5, 0.6) is 11.5 Å². The number of ether oxygens (including phenoxy) is 2. The van der Waals surface area contributed by atoms with Crippen molar-refractivity contribution in [3.8, 4) is 11.5 Å². The van der Waals surface area contributed by atoms with Crippen LogP contribution in [0.4, 0.5) is 0 Å². The molecule has 0 atom stereocenters. The average Bonchev–Trinajstić information content (AvgIpc) is 2.77. The highest BCUT2D eigenvalue weighted by Crippen LogP contribution is 2.34. The number of carbonyl (C=O) groups excluding carboxylic acids is 1. The van der Waals surface area contributed by atoms with E-state index in [1.54, 1.807) is 0 Å². The molecule has 0 unspecified atom stereocenters. The van der Waals surface area contributed by atoms with E-state index >= 15 is 0 Å². The molecule has 1 amide bonds. The van der Waals surface area contributed by atoms with Gasteiger partial charge in [-0.3, -0.25) is 9.78 Å². The van der Waals surface area contributed by atoms with Crippen molar-refractivity contribution >= 4 is 5.91 Å². The van der Waals surface area contributed by atoms with Crippen molar-refractivity contribution in [1.29, 1.82) is 0 Å². The van der Waals surface area contributed by atoms with Crippen LogP contribution >= 0.6 is 0 Å². The lowest BCUT2D eigenvalue weighted by atomic mass is 10.0. The highest BCUT2D eigenvalue weighted by Gasteiger charge is 2.29. The Morgan fingerprint density at radius 3 is 2.68 bits per heavy atom. The molecule has 1 saturated heterocycles. The van der Waals surface area contributed by atoms with Crippen molar-refractivity contribution in [2.45, 2.75) is 25.3 Å². The maximum atomic E-state index is 13.1. The van der Waals surface area contributed by atoms with Crippen LogP contribution in [-0.2, 0) is 6.42 Å². The molecule has 148 valence electrons. The summed E-state index contributed by atoms with van der Waals surface area (Å²) in [5.41, 5.74) is 1.92. The molecule has 2 aliphatic heterocycles. The van der Waals surface area contributed by atoms with Gasteiger partial charge < -0.3 is 19.3 Å². The van der Waals surface area contributed by atoms with Gasteiger partial charge in [-0.1, -0.05) is 6.07 Å². The highest BCUT2D eigenvalue weighted by molar-refractivity contribution is 5.98. The third-order valence-electron chi connectivity index (χ3n) is 5.69. The predicted octanol–water partition coefficient (Wildman–Crippen LogP) is 2.63. The van der Waals surface area contributed by atoms with Crippen molar-refractivity contribution in [2.75, 3.05) is 39.9 Å². The summed E-state index contributed by atoms with van der Waals surface area (Å²) in [6, 6.07) is 9.95. The summed E-state index contributed by atoms with van der Waals surface area (Å²) < 4.78 is 11.3. The van der Waals surface area contributed by atoms with Crippen LogP contribution in [0.2, 0.25) is 0 Å². The fraction of sp³-hybridized carbons (Fsp3) is 0.455. The van der Waals surface area contributed by atoms with Crippen LogP contribution < -0.4 is 9.47 Å². The minimum absolute atomic E-state index is 0.0117. The second kappa shape index (κ2) is 8.61. The Hall–Kier alpha value is -2.60. The molecule has 1 fully saturated rings. The van der Waals surface area contributed by atoms with Gasteiger partial charge in [0.25, 0.3) is 5.91 Å². The molecular formula is C22H27N3O3. The molecule has 4 rings (SSSR count). The summed E-state index contributed by atoms with van der Waals surface area (Å²) in [5, 5.41) is 0. The number of para-hydroxylation sites is 1. The van der Waals surface area contributed by atoms with Gasteiger partial charge in [0, 0.05) is 45.1 Å². The third kappa shape index (κ3) is 4.12. The van der Waals surface area contributed by atoms with Gasteiger partial charge in [0.15, 0.2) is 11.5 Å². The van der Waals surface area contributed by atoms with Crippen molar-refractivity contribution in [3.63, 3.8) is 0 Å². The molecule has 2 aliphatic rings. The number of hydrogen-bond acceptors (Lipinski definition) is 5. The normalized spacial score (nSPS) is 17.3. The summed E-state index contributed by atoms with van der Waals surface area (Å²) in [6.45, 7) is 4.08. The van der Waals surface area contributed by atoms with Crippen molar-refractivity contribution < 1.29 is 14.3 Å². The molecule has 3 heterocycles. The first-order valence-corrected chi connectivity index (χ1v) is 9.99. The number of aromatic nitrogens is 1. The number of hydrogen-bond donors (Lipinski definition) is 0. The van der Waals surface area contributed by atoms with E-state index < -0.39 is 0 Å². The number of amides is 1. The highest BCUT2D eigenvalue weighted by atomic mass is 16.6. The van der Waals surface area contributed by atoms with Crippen LogP contribution in [0.25, 0.3) is 0 Å². The Morgan fingerprint density at radius 1 is 1.14 bits per heavy atom. The van der Waals surface area contributed by atoms with Gasteiger partial charge in [0.2, 0.25) is 0 Å². The van der Waals surface area contributed by atoms with Gasteiger partial charge in [-0.15, -0.1) is 0 Å². The van der Waals surface area contributed by atoms with Crippen LogP contribution in [0.3, 0.4) is 0 Å². The zero-order valence-corrected chi connectivity index (χ0v) is 16.3. The summed E-state index contributed by atoms with van der Waals surface area (Å²) in [4.78, 5) is 21.5. The minimum atomic E-state index is 0.0117. The van der Waals surface area contributed by atoms with E-state index in [-0.39, 0.29) is 11.9 Å².